The molecule has 1 fully saturated rings. The van der Waals surface area contributed by atoms with Crippen LogP contribution in [0.4, 0.5) is 0 Å². The number of hydrogen-bond acceptors (Lipinski definition) is 3. The molecule has 2 heterocycles. The number of aromatic nitrogens is 1. The number of nitrogens with zero attached hydrogens (tertiary/aromatic N) is 2. The quantitative estimate of drug-likeness (QED) is 0.867. The van der Waals surface area contributed by atoms with Gasteiger partial charge in [-0.2, -0.15) is 0 Å². The number of halogens is 2. The van der Waals surface area contributed by atoms with Gasteiger partial charge in [0, 0.05) is 28.6 Å². The molecule has 1 unspecified atom stereocenters. The summed E-state index contributed by atoms with van der Waals surface area (Å²) in [5.74, 6) is 0. The second-order valence-corrected chi connectivity index (χ2v) is 6.71. The third kappa shape index (κ3) is 3.99. The van der Waals surface area contributed by atoms with E-state index in [2.05, 4.69) is 56.4 Å². The van der Waals surface area contributed by atoms with Crippen LogP contribution >= 0.6 is 28.3 Å². The van der Waals surface area contributed by atoms with Gasteiger partial charge in [0.2, 0.25) is 0 Å². The van der Waals surface area contributed by atoms with Gasteiger partial charge in [-0.05, 0) is 57.1 Å². The molecule has 1 aromatic heterocycles. The zero-order valence-corrected chi connectivity index (χ0v) is 15.3. The maximum absolute atomic E-state index is 4.59. The first kappa shape index (κ1) is 17.7. The Balaban J connectivity index is 0.00000176. The molecule has 0 radical (unpaired) electrons. The first-order chi connectivity index (χ1) is 10.3. The van der Waals surface area contributed by atoms with E-state index in [1.807, 2.05) is 12.3 Å². The minimum Gasteiger partial charge on any atom is -0.317 e. The molecular formula is C17H23BrClN3. The van der Waals surface area contributed by atoms with Crippen LogP contribution in [0.15, 0.2) is 34.9 Å². The van der Waals surface area contributed by atoms with Gasteiger partial charge in [0.15, 0.2) is 0 Å². The van der Waals surface area contributed by atoms with E-state index >= 15 is 0 Å². The lowest BCUT2D eigenvalue weighted by Gasteiger charge is -2.27. The number of rotatable bonds is 3. The molecule has 1 saturated heterocycles. The van der Waals surface area contributed by atoms with Crippen molar-refractivity contribution in [2.24, 2.45) is 0 Å². The molecule has 1 N–H and O–H groups in total. The summed E-state index contributed by atoms with van der Waals surface area (Å²) >= 11 is 3.62. The Labute approximate surface area is 147 Å². The molecule has 1 aliphatic heterocycles. The summed E-state index contributed by atoms with van der Waals surface area (Å²) in [6.45, 7) is 3.26. The second kappa shape index (κ2) is 8.25. The van der Waals surface area contributed by atoms with Gasteiger partial charge in [0.25, 0.3) is 0 Å². The Morgan fingerprint density at radius 1 is 1.27 bits per heavy atom. The third-order valence-electron chi connectivity index (χ3n) is 4.39. The summed E-state index contributed by atoms with van der Waals surface area (Å²) in [6, 6.07) is 9.14. The number of hydrogen-bond donors (Lipinski definition) is 1. The zero-order valence-electron chi connectivity index (χ0n) is 12.9. The minimum atomic E-state index is 0. The van der Waals surface area contributed by atoms with Gasteiger partial charge in [-0.3, -0.25) is 9.88 Å². The van der Waals surface area contributed by atoms with E-state index in [0.29, 0.717) is 6.04 Å². The zero-order chi connectivity index (χ0) is 14.7. The molecule has 2 aromatic rings. The van der Waals surface area contributed by atoms with E-state index in [1.54, 1.807) is 0 Å². The van der Waals surface area contributed by atoms with Gasteiger partial charge >= 0.3 is 0 Å². The Kier molecular flexibility index (Phi) is 6.63. The van der Waals surface area contributed by atoms with E-state index < -0.39 is 0 Å². The predicted molar refractivity (Wildman–Crippen MR) is 98.7 cm³/mol. The summed E-state index contributed by atoms with van der Waals surface area (Å²) in [5, 5.41) is 4.69. The van der Waals surface area contributed by atoms with E-state index in [0.717, 1.165) is 29.6 Å². The average Bonchev–Trinajstić information content (AvgIpc) is 2.79. The van der Waals surface area contributed by atoms with Gasteiger partial charge in [-0.1, -0.05) is 28.1 Å². The highest BCUT2D eigenvalue weighted by molar-refractivity contribution is 9.10. The van der Waals surface area contributed by atoms with Crippen LogP contribution in [-0.4, -0.2) is 36.1 Å². The molecule has 0 spiro atoms. The largest absolute Gasteiger partial charge is 0.317 e. The van der Waals surface area contributed by atoms with E-state index in [4.69, 9.17) is 0 Å². The summed E-state index contributed by atoms with van der Waals surface area (Å²) in [5.41, 5.74) is 2.43. The van der Waals surface area contributed by atoms with Crippen LogP contribution in [0.3, 0.4) is 0 Å². The summed E-state index contributed by atoms with van der Waals surface area (Å²) in [4.78, 5) is 7.08. The normalized spacial score (nSPS) is 19.0. The molecule has 22 heavy (non-hydrogen) atoms. The van der Waals surface area contributed by atoms with Crippen LogP contribution in [0, 0.1) is 0 Å². The van der Waals surface area contributed by atoms with Crippen molar-refractivity contribution in [3.63, 3.8) is 0 Å². The predicted octanol–water partition coefficient (Wildman–Crippen LogP) is 3.99. The van der Waals surface area contributed by atoms with Crippen LogP contribution in [0.1, 0.15) is 24.8 Å². The smallest absolute Gasteiger partial charge is 0.0758 e. The summed E-state index contributed by atoms with van der Waals surface area (Å²) in [7, 11) is 2.24. The molecule has 0 saturated carbocycles. The second-order valence-electron chi connectivity index (χ2n) is 5.86. The van der Waals surface area contributed by atoms with E-state index in [9.17, 15) is 0 Å². The van der Waals surface area contributed by atoms with Crippen molar-refractivity contribution in [3.05, 3.63) is 40.5 Å². The topological polar surface area (TPSA) is 28.2 Å². The monoisotopic (exact) mass is 383 g/mol. The highest BCUT2D eigenvalue weighted by Crippen LogP contribution is 2.26. The lowest BCUT2D eigenvalue weighted by Crippen LogP contribution is -2.32. The van der Waals surface area contributed by atoms with Gasteiger partial charge < -0.3 is 5.32 Å². The fraction of sp³-hybridized carbons (Fsp3) is 0.471. The first-order valence-corrected chi connectivity index (χ1v) is 8.48. The SMILES string of the molecule is CN(Cc1ccc(Br)c2cccnc12)C1CCCNCC1.Cl. The summed E-state index contributed by atoms with van der Waals surface area (Å²) in [6.07, 6.45) is 5.67. The van der Waals surface area contributed by atoms with Crippen molar-refractivity contribution in [1.29, 1.82) is 0 Å². The van der Waals surface area contributed by atoms with Gasteiger partial charge in [0.1, 0.15) is 0 Å². The average molecular weight is 385 g/mol. The Morgan fingerprint density at radius 2 is 2.14 bits per heavy atom. The van der Waals surface area contributed by atoms with Crippen LogP contribution in [0.5, 0.6) is 0 Å². The van der Waals surface area contributed by atoms with E-state index in [-0.39, 0.29) is 12.4 Å². The van der Waals surface area contributed by atoms with Crippen molar-refractivity contribution in [3.8, 4) is 0 Å². The Morgan fingerprint density at radius 3 is 3.00 bits per heavy atom. The van der Waals surface area contributed by atoms with Crippen molar-refractivity contribution in [2.45, 2.75) is 31.8 Å². The molecule has 120 valence electrons. The van der Waals surface area contributed by atoms with Crippen LogP contribution in [0.25, 0.3) is 10.9 Å². The Bertz CT molecular complexity index is 612. The summed E-state index contributed by atoms with van der Waals surface area (Å²) < 4.78 is 1.12. The minimum absolute atomic E-state index is 0. The fourth-order valence-electron chi connectivity index (χ4n) is 3.16. The molecule has 1 aliphatic rings. The Hall–Kier alpha value is -0.680. The number of nitrogens with one attached hydrogen (secondary N) is 1. The van der Waals surface area contributed by atoms with Crippen molar-refractivity contribution >= 4 is 39.2 Å². The van der Waals surface area contributed by atoms with Crippen LogP contribution in [0.2, 0.25) is 0 Å². The lowest BCUT2D eigenvalue weighted by atomic mass is 10.1. The molecule has 3 nitrogen and oxygen atoms in total. The molecule has 3 rings (SSSR count). The molecule has 0 amide bonds. The lowest BCUT2D eigenvalue weighted by molar-refractivity contribution is 0.217. The number of benzene rings is 1. The maximum Gasteiger partial charge on any atom is 0.0758 e. The van der Waals surface area contributed by atoms with Crippen LogP contribution < -0.4 is 5.32 Å². The highest BCUT2D eigenvalue weighted by atomic mass is 79.9. The standard InChI is InChI=1S/C17H22BrN3.ClH/c1-21(14-4-2-9-19-11-8-14)12-13-6-7-16(18)15-5-3-10-20-17(13)15;/h3,5-7,10,14,19H,2,4,8-9,11-12H2,1H3;1H. The molecular weight excluding hydrogens is 362 g/mol. The number of pyridine rings is 1. The van der Waals surface area contributed by atoms with Gasteiger partial charge in [0.05, 0.1) is 5.52 Å². The number of fused-ring (bicyclic) bond motifs is 1. The van der Waals surface area contributed by atoms with E-state index in [1.165, 1.54) is 30.2 Å². The van der Waals surface area contributed by atoms with Gasteiger partial charge in [-0.25, -0.2) is 0 Å². The maximum atomic E-state index is 4.59. The first-order valence-electron chi connectivity index (χ1n) is 7.69. The molecule has 1 aromatic carbocycles. The molecule has 0 bridgehead atoms. The van der Waals surface area contributed by atoms with Crippen molar-refractivity contribution in [1.82, 2.24) is 15.2 Å². The van der Waals surface area contributed by atoms with Crippen molar-refractivity contribution < 1.29 is 0 Å². The third-order valence-corrected chi connectivity index (χ3v) is 5.08. The molecule has 5 heteroatoms. The fourth-order valence-corrected chi connectivity index (χ4v) is 3.62. The molecule has 0 aliphatic carbocycles. The van der Waals surface area contributed by atoms with Crippen molar-refractivity contribution in [2.75, 3.05) is 20.1 Å². The highest BCUT2D eigenvalue weighted by Gasteiger charge is 2.18. The van der Waals surface area contributed by atoms with Gasteiger partial charge in [-0.15, -0.1) is 12.4 Å². The molecule has 1 atom stereocenters. The van der Waals surface area contributed by atoms with Crippen LogP contribution in [-0.2, 0) is 6.54 Å².